The maximum absolute atomic E-state index is 12.3. The molecule has 8 heteroatoms. The standard InChI is InChI=1S/C22H21ClN2O2.C21H20ClNO/c1-13(26)25-12-17-9-15(19-11-20(19)22(27)24-2)5-3-14(17)4-6-16-10-18(23)7-8-21(16)25;1-13-9-20(13)16-5-3-15-4-6-17-11-19(22)7-8-21(17)23(14(2)24)12-18(15)10-16/h3-10,19-20H,11-12H2,1-2H3,(H,24,27);3-8,10-11,13,20H,9,12H2,1-2H3/b2*6-4-/t19-,20+;13-,20-/m10/s1. The lowest BCUT2D eigenvalue weighted by Crippen LogP contribution is -2.29. The molecule has 2 saturated carbocycles. The van der Waals surface area contributed by atoms with E-state index in [1.165, 1.54) is 23.1 Å². The van der Waals surface area contributed by atoms with Crippen LogP contribution in [-0.4, -0.2) is 24.8 Å². The highest BCUT2D eigenvalue weighted by Gasteiger charge is 2.43. The zero-order chi connectivity index (χ0) is 36.0. The van der Waals surface area contributed by atoms with Crippen molar-refractivity contribution in [3.05, 3.63) is 127 Å². The molecule has 0 bridgehead atoms. The summed E-state index contributed by atoms with van der Waals surface area (Å²) in [7, 11) is 1.68. The molecule has 4 aromatic rings. The van der Waals surface area contributed by atoms with Gasteiger partial charge in [0.05, 0.1) is 24.5 Å². The van der Waals surface area contributed by atoms with E-state index in [4.69, 9.17) is 23.2 Å². The lowest BCUT2D eigenvalue weighted by atomic mass is 9.97. The van der Waals surface area contributed by atoms with Crippen molar-refractivity contribution in [2.75, 3.05) is 16.8 Å². The number of nitrogens with one attached hydrogen (secondary N) is 1. The van der Waals surface area contributed by atoms with E-state index in [1.54, 1.807) is 31.9 Å². The molecule has 0 unspecified atom stereocenters. The third-order valence-corrected chi connectivity index (χ3v) is 11.0. The predicted molar refractivity (Wildman–Crippen MR) is 209 cm³/mol. The molecule has 2 aliphatic carbocycles. The number of benzene rings is 4. The maximum Gasteiger partial charge on any atom is 0.224 e. The lowest BCUT2D eigenvalue weighted by Gasteiger charge is -2.26. The molecular weight excluding hydrogens is 677 g/mol. The van der Waals surface area contributed by atoms with Gasteiger partial charge in [-0.25, -0.2) is 0 Å². The topological polar surface area (TPSA) is 69.7 Å². The van der Waals surface area contributed by atoms with E-state index in [2.05, 4.69) is 66.9 Å². The van der Waals surface area contributed by atoms with Crippen molar-refractivity contribution in [3.63, 3.8) is 0 Å². The summed E-state index contributed by atoms with van der Waals surface area (Å²) in [5.74, 6) is 1.92. The van der Waals surface area contributed by atoms with Crippen molar-refractivity contribution < 1.29 is 14.4 Å². The van der Waals surface area contributed by atoms with Gasteiger partial charge in [-0.2, -0.15) is 0 Å². The second kappa shape index (κ2) is 14.2. The Balaban J connectivity index is 0.000000160. The number of rotatable bonds is 3. The third kappa shape index (κ3) is 7.40. The number of hydrogen-bond acceptors (Lipinski definition) is 3. The van der Waals surface area contributed by atoms with Gasteiger partial charge in [0.15, 0.2) is 0 Å². The highest BCUT2D eigenvalue weighted by Crippen LogP contribution is 2.49. The molecule has 3 amide bonds. The Morgan fingerprint density at radius 3 is 1.51 bits per heavy atom. The SMILES string of the molecule is CC(=O)N1Cc2cc([C@H]3C[C@@H]3C)ccc2/C=C\c2cc(Cl)ccc21.CNC(=O)[C@H]1C[C@@H]1c1ccc2c(c1)CN(C(C)=O)c1ccc(Cl)cc1/C=C\2. The largest absolute Gasteiger partial charge is 0.359 e. The molecule has 0 aromatic heterocycles. The first kappa shape index (κ1) is 34.8. The third-order valence-electron chi connectivity index (χ3n) is 10.5. The molecule has 1 N–H and O–H groups in total. The Hall–Kier alpha value is -4.65. The van der Waals surface area contributed by atoms with Crippen molar-refractivity contribution in [2.24, 2.45) is 11.8 Å². The minimum absolute atomic E-state index is 0.0140. The zero-order valence-electron chi connectivity index (χ0n) is 29.3. The number of halogens is 2. The van der Waals surface area contributed by atoms with E-state index in [9.17, 15) is 14.4 Å². The van der Waals surface area contributed by atoms with Crippen LogP contribution in [0.1, 0.15) is 90.0 Å². The second-order valence-electron chi connectivity index (χ2n) is 14.1. The van der Waals surface area contributed by atoms with E-state index < -0.39 is 0 Å². The highest BCUT2D eigenvalue weighted by molar-refractivity contribution is 6.31. The number of anilines is 2. The van der Waals surface area contributed by atoms with Crippen molar-refractivity contribution in [1.82, 2.24) is 5.32 Å². The van der Waals surface area contributed by atoms with Crippen molar-refractivity contribution in [2.45, 2.75) is 58.5 Å². The van der Waals surface area contributed by atoms with Gasteiger partial charge in [-0.1, -0.05) is 90.8 Å². The Morgan fingerprint density at radius 2 is 1.08 bits per heavy atom. The number of nitrogens with zero attached hydrogens (tertiary/aromatic N) is 2. The summed E-state index contributed by atoms with van der Waals surface area (Å²) in [4.78, 5) is 40.1. The molecule has 260 valence electrons. The monoisotopic (exact) mass is 717 g/mol. The molecule has 0 spiro atoms. The molecule has 8 rings (SSSR count). The molecule has 4 atom stereocenters. The predicted octanol–water partition coefficient (Wildman–Crippen LogP) is 9.73. The number of carbonyl (C=O) groups is 3. The van der Waals surface area contributed by atoms with Gasteiger partial charge in [-0.05, 0) is 112 Å². The second-order valence-corrected chi connectivity index (χ2v) is 15.0. The van der Waals surface area contributed by atoms with Crippen LogP contribution in [0, 0.1) is 11.8 Å². The van der Waals surface area contributed by atoms with E-state index >= 15 is 0 Å². The van der Waals surface area contributed by atoms with Gasteiger partial charge < -0.3 is 15.1 Å². The molecule has 51 heavy (non-hydrogen) atoms. The number of amides is 3. The molecule has 0 radical (unpaired) electrons. The van der Waals surface area contributed by atoms with Gasteiger partial charge >= 0.3 is 0 Å². The van der Waals surface area contributed by atoms with E-state index in [1.807, 2.05) is 41.3 Å². The fourth-order valence-corrected chi connectivity index (χ4v) is 7.74. The van der Waals surface area contributed by atoms with Crippen LogP contribution in [0.5, 0.6) is 0 Å². The average molecular weight is 719 g/mol. The summed E-state index contributed by atoms with van der Waals surface area (Å²) in [5, 5.41) is 4.06. The summed E-state index contributed by atoms with van der Waals surface area (Å²) in [6.07, 6.45) is 10.4. The van der Waals surface area contributed by atoms with Gasteiger partial charge in [0, 0.05) is 36.9 Å². The molecule has 0 saturated heterocycles. The van der Waals surface area contributed by atoms with Crippen LogP contribution in [0.15, 0.2) is 72.8 Å². The van der Waals surface area contributed by atoms with E-state index in [0.29, 0.717) is 29.1 Å². The number of hydrogen-bond donors (Lipinski definition) is 1. The first-order valence-corrected chi connectivity index (χ1v) is 18.2. The minimum atomic E-state index is -0.0140. The Kier molecular flexibility index (Phi) is 9.66. The Morgan fingerprint density at radius 1 is 0.627 bits per heavy atom. The highest BCUT2D eigenvalue weighted by atomic mass is 35.5. The van der Waals surface area contributed by atoms with Gasteiger partial charge in [0.25, 0.3) is 0 Å². The van der Waals surface area contributed by atoms with E-state index in [-0.39, 0.29) is 29.6 Å². The summed E-state index contributed by atoms with van der Waals surface area (Å²) in [5.41, 5.74) is 10.8. The fourth-order valence-electron chi connectivity index (χ4n) is 7.38. The summed E-state index contributed by atoms with van der Waals surface area (Å²) in [6, 6.07) is 24.3. The smallest absolute Gasteiger partial charge is 0.224 e. The van der Waals surface area contributed by atoms with Crippen molar-refractivity contribution >= 4 is 76.6 Å². The quantitative estimate of drug-likeness (QED) is 0.229. The lowest BCUT2D eigenvalue weighted by molar-refractivity contribution is -0.122. The van der Waals surface area contributed by atoms with Crippen LogP contribution >= 0.6 is 23.2 Å². The average Bonchev–Trinajstić information content (AvgIpc) is 4.03. The van der Waals surface area contributed by atoms with Crippen LogP contribution in [0.4, 0.5) is 11.4 Å². The maximum atomic E-state index is 12.3. The number of carbonyl (C=O) groups excluding carboxylic acids is 3. The van der Waals surface area contributed by atoms with Crippen LogP contribution in [-0.2, 0) is 27.5 Å². The molecule has 6 nitrogen and oxygen atoms in total. The summed E-state index contributed by atoms with van der Waals surface area (Å²) >= 11 is 12.3. The molecule has 2 fully saturated rings. The van der Waals surface area contributed by atoms with Gasteiger partial charge in [0.1, 0.15) is 0 Å². The Bertz CT molecular complexity index is 2120. The molecule has 4 aliphatic rings. The van der Waals surface area contributed by atoms with E-state index in [0.717, 1.165) is 51.5 Å². The van der Waals surface area contributed by atoms with Gasteiger partial charge in [-0.15, -0.1) is 0 Å². The van der Waals surface area contributed by atoms with Gasteiger partial charge in [-0.3, -0.25) is 14.4 Å². The molecule has 4 aromatic carbocycles. The summed E-state index contributed by atoms with van der Waals surface area (Å²) in [6.45, 7) is 6.59. The molecule has 2 aliphatic heterocycles. The van der Waals surface area contributed by atoms with Crippen LogP contribution < -0.4 is 15.1 Å². The number of fused-ring (bicyclic) bond motifs is 4. The first-order valence-electron chi connectivity index (χ1n) is 17.5. The van der Waals surface area contributed by atoms with Crippen LogP contribution in [0.25, 0.3) is 24.3 Å². The molecule has 2 heterocycles. The van der Waals surface area contributed by atoms with Crippen LogP contribution in [0.3, 0.4) is 0 Å². The summed E-state index contributed by atoms with van der Waals surface area (Å²) < 4.78 is 0. The van der Waals surface area contributed by atoms with Crippen molar-refractivity contribution in [1.29, 1.82) is 0 Å². The normalized spacial score (nSPS) is 22.1. The molecular formula is C43H41Cl2N3O3. The van der Waals surface area contributed by atoms with Gasteiger partial charge in [0.2, 0.25) is 17.7 Å². The van der Waals surface area contributed by atoms with Crippen molar-refractivity contribution in [3.8, 4) is 0 Å². The minimum Gasteiger partial charge on any atom is -0.359 e. The van der Waals surface area contributed by atoms with Crippen LogP contribution in [0.2, 0.25) is 10.0 Å². The zero-order valence-corrected chi connectivity index (χ0v) is 30.8. The fraction of sp³-hybridized carbons (Fsp3) is 0.279. The Labute approximate surface area is 309 Å². The first-order chi connectivity index (χ1) is 24.5.